The Morgan fingerprint density at radius 2 is 1.77 bits per heavy atom. The van der Waals surface area contributed by atoms with Crippen molar-refractivity contribution in [2.24, 2.45) is 5.92 Å². The van der Waals surface area contributed by atoms with E-state index in [1.165, 1.54) is 0 Å². The average molecular weight is 346 g/mol. The zero-order valence-electron chi connectivity index (χ0n) is 14.8. The van der Waals surface area contributed by atoms with Gasteiger partial charge in [0.25, 0.3) is 5.91 Å². The van der Waals surface area contributed by atoms with E-state index in [9.17, 15) is 10.1 Å². The van der Waals surface area contributed by atoms with Gasteiger partial charge < -0.3 is 4.90 Å². The molecule has 5 nitrogen and oxygen atoms in total. The highest BCUT2D eigenvalue weighted by atomic mass is 16.2. The number of carbonyl (C=O) groups is 1. The minimum absolute atomic E-state index is 0.0720. The van der Waals surface area contributed by atoms with Crippen molar-refractivity contribution in [3.8, 4) is 12.1 Å². The summed E-state index contributed by atoms with van der Waals surface area (Å²) in [5, 5.41) is 20.0. The number of nitriles is 2. The van der Waals surface area contributed by atoms with E-state index < -0.39 is 0 Å². The van der Waals surface area contributed by atoms with E-state index in [0.29, 0.717) is 32.5 Å². The van der Waals surface area contributed by atoms with Crippen molar-refractivity contribution in [1.82, 2.24) is 9.80 Å². The molecule has 3 rings (SSSR count). The van der Waals surface area contributed by atoms with Gasteiger partial charge in [-0.15, -0.1) is 0 Å². The molecule has 0 unspecified atom stereocenters. The molecule has 5 heteroatoms. The van der Waals surface area contributed by atoms with Crippen LogP contribution in [0.2, 0.25) is 0 Å². The Morgan fingerprint density at radius 1 is 1.04 bits per heavy atom. The van der Waals surface area contributed by atoms with Gasteiger partial charge in [-0.25, -0.2) is 0 Å². The van der Waals surface area contributed by atoms with Crippen LogP contribution in [0.1, 0.15) is 23.2 Å². The first-order chi connectivity index (χ1) is 12.7. The molecular weight excluding hydrogens is 324 g/mol. The minimum Gasteiger partial charge on any atom is -0.336 e. The number of hydrogen-bond acceptors (Lipinski definition) is 4. The Kier molecular flexibility index (Phi) is 5.84. The lowest BCUT2D eigenvalue weighted by Crippen LogP contribution is -2.49. The lowest BCUT2D eigenvalue weighted by atomic mass is 10.0. The largest absolute Gasteiger partial charge is 0.336 e. The summed E-state index contributed by atoms with van der Waals surface area (Å²) in [4.78, 5) is 17.1. The van der Waals surface area contributed by atoms with Crippen molar-refractivity contribution in [2.75, 3.05) is 32.7 Å². The molecule has 1 aliphatic heterocycles. The maximum absolute atomic E-state index is 13.0. The maximum Gasteiger partial charge on any atom is 0.254 e. The molecule has 1 atom stereocenters. The topological polar surface area (TPSA) is 71.1 Å². The van der Waals surface area contributed by atoms with E-state index in [2.05, 4.69) is 17.0 Å². The molecule has 26 heavy (non-hydrogen) atoms. The molecule has 0 spiro atoms. The van der Waals surface area contributed by atoms with E-state index in [0.717, 1.165) is 29.4 Å². The Morgan fingerprint density at radius 3 is 2.50 bits per heavy atom. The summed E-state index contributed by atoms with van der Waals surface area (Å²) in [6.07, 6.45) is 1.03. The second-order valence-corrected chi connectivity index (χ2v) is 6.64. The predicted molar refractivity (Wildman–Crippen MR) is 100 cm³/mol. The lowest BCUT2D eigenvalue weighted by molar-refractivity contribution is 0.0627. The van der Waals surface area contributed by atoms with Gasteiger partial charge in [-0.3, -0.25) is 9.69 Å². The second-order valence-electron chi connectivity index (χ2n) is 6.64. The van der Waals surface area contributed by atoms with Crippen molar-refractivity contribution in [3.63, 3.8) is 0 Å². The summed E-state index contributed by atoms with van der Waals surface area (Å²) < 4.78 is 0. The van der Waals surface area contributed by atoms with Crippen LogP contribution in [-0.4, -0.2) is 48.4 Å². The first kappa shape index (κ1) is 17.9. The fourth-order valence-electron chi connectivity index (χ4n) is 3.46. The number of carbonyl (C=O) groups excluding carboxylic acids is 1. The van der Waals surface area contributed by atoms with Crippen LogP contribution in [0.4, 0.5) is 0 Å². The Hall–Kier alpha value is -2.89. The highest BCUT2D eigenvalue weighted by Gasteiger charge is 2.24. The minimum atomic E-state index is -0.116. The molecule has 0 saturated carbocycles. The van der Waals surface area contributed by atoms with E-state index >= 15 is 0 Å². The molecule has 1 amide bonds. The number of benzene rings is 2. The third-order valence-electron chi connectivity index (χ3n) is 4.95. The van der Waals surface area contributed by atoms with Crippen LogP contribution < -0.4 is 0 Å². The Balaban J connectivity index is 1.62. The number of nitrogens with zero attached hydrogens (tertiary/aromatic N) is 4. The fraction of sp³-hybridized carbons (Fsp3) is 0.381. The van der Waals surface area contributed by atoms with Crippen LogP contribution in [0, 0.1) is 28.6 Å². The van der Waals surface area contributed by atoms with Gasteiger partial charge in [0.15, 0.2) is 0 Å². The van der Waals surface area contributed by atoms with E-state index in [-0.39, 0.29) is 11.8 Å². The Bertz CT molecular complexity index is 851. The standard InChI is InChI=1S/C21H22N4O/c22-10-4-5-17(15-23)16-24-11-13-25(14-12-24)21(26)20-9-3-7-18-6-1-2-8-19(18)20/h1-3,6-9,17H,4-5,11-14,16H2/t17-/m1/s1. The molecule has 132 valence electrons. The summed E-state index contributed by atoms with van der Waals surface area (Å²) >= 11 is 0. The van der Waals surface area contributed by atoms with Crippen LogP contribution in [0.15, 0.2) is 42.5 Å². The van der Waals surface area contributed by atoms with Crippen molar-refractivity contribution in [3.05, 3.63) is 48.0 Å². The van der Waals surface area contributed by atoms with Crippen molar-refractivity contribution in [2.45, 2.75) is 12.8 Å². The first-order valence-corrected chi connectivity index (χ1v) is 8.99. The monoisotopic (exact) mass is 346 g/mol. The van der Waals surface area contributed by atoms with Crippen molar-refractivity contribution < 1.29 is 4.79 Å². The summed E-state index contributed by atoms with van der Waals surface area (Å²) in [5.74, 6) is -0.0438. The van der Waals surface area contributed by atoms with Crippen molar-refractivity contribution >= 4 is 16.7 Å². The van der Waals surface area contributed by atoms with Gasteiger partial charge in [0.1, 0.15) is 0 Å². The zero-order valence-corrected chi connectivity index (χ0v) is 14.8. The molecule has 0 aromatic heterocycles. The average Bonchev–Trinajstić information content (AvgIpc) is 2.70. The number of piperazine rings is 1. The van der Waals surface area contributed by atoms with Crippen LogP contribution in [0.25, 0.3) is 10.8 Å². The number of rotatable bonds is 5. The summed E-state index contributed by atoms with van der Waals surface area (Å²) in [5.41, 5.74) is 0.750. The summed E-state index contributed by atoms with van der Waals surface area (Å²) in [7, 11) is 0. The zero-order chi connectivity index (χ0) is 18.4. The van der Waals surface area contributed by atoms with Gasteiger partial charge in [0.05, 0.1) is 18.1 Å². The highest BCUT2D eigenvalue weighted by Crippen LogP contribution is 2.21. The molecule has 1 saturated heterocycles. The van der Waals surface area contributed by atoms with Gasteiger partial charge in [0.2, 0.25) is 0 Å². The lowest BCUT2D eigenvalue weighted by Gasteiger charge is -2.35. The Labute approximate surface area is 154 Å². The molecule has 0 radical (unpaired) electrons. The maximum atomic E-state index is 13.0. The van der Waals surface area contributed by atoms with Gasteiger partial charge in [-0.2, -0.15) is 10.5 Å². The number of fused-ring (bicyclic) bond motifs is 1. The molecule has 1 fully saturated rings. The fourth-order valence-corrected chi connectivity index (χ4v) is 3.46. The molecule has 2 aromatic rings. The van der Waals surface area contributed by atoms with E-state index in [4.69, 9.17) is 5.26 Å². The second kappa shape index (κ2) is 8.47. The van der Waals surface area contributed by atoms with Crippen LogP contribution in [0.5, 0.6) is 0 Å². The third-order valence-corrected chi connectivity index (χ3v) is 4.95. The summed E-state index contributed by atoms with van der Waals surface area (Å²) in [6.45, 7) is 3.54. The molecule has 0 N–H and O–H groups in total. The molecule has 2 aromatic carbocycles. The molecular formula is C21H22N4O. The van der Waals surface area contributed by atoms with E-state index in [1.54, 1.807) is 0 Å². The quantitative estimate of drug-likeness (QED) is 0.834. The van der Waals surface area contributed by atoms with E-state index in [1.807, 2.05) is 47.4 Å². The molecule has 1 heterocycles. The van der Waals surface area contributed by atoms with Gasteiger partial charge in [0, 0.05) is 44.7 Å². The normalized spacial score (nSPS) is 16.0. The number of amides is 1. The van der Waals surface area contributed by atoms with Crippen molar-refractivity contribution in [1.29, 1.82) is 10.5 Å². The van der Waals surface area contributed by atoms with Gasteiger partial charge >= 0.3 is 0 Å². The smallest absolute Gasteiger partial charge is 0.254 e. The van der Waals surface area contributed by atoms with Crippen LogP contribution in [0.3, 0.4) is 0 Å². The molecule has 1 aliphatic rings. The number of hydrogen-bond donors (Lipinski definition) is 0. The third kappa shape index (κ3) is 4.02. The predicted octanol–water partition coefficient (Wildman–Crippen LogP) is 3.04. The van der Waals surface area contributed by atoms with Crippen LogP contribution in [-0.2, 0) is 0 Å². The SMILES string of the molecule is N#CCC[C@H](C#N)CN1CCN(C(=O)c2cccc3ccccc23)CC1. The van der Waals surface area contributed by atoms with Gasteiger partial charge in [-0.1, -0.05) is 36.4 Å². The van der Waals surface area contributed by atoms with Gasteiger partial charge in [-0.05, 0) is 23.3 Å². The molecule has 0 bridgehead atoms. The highest BCUT2D eigenvalue weighted by molar-refractivity contribution is 6.07. The van der Waals surface area contributed by atoms with Crippen LogP contribution >= 0.6 is 0 Å². The summed E-state index contributed by atoms with van der Waals surface area (Å²) in [6, 6.07) is 18.2. The molecule has 0 aliphatic carbocycles. The first-order valence-electron chi connectivity index (χ1n) is 8.99.